The zero-order chi connectivity index (χ0) is 16.6. The molecule has 2 aliphatic heterocycles. The maximum absolute atomic E-state index is 13.7. The predicted molar refractivity (Wildman–Crippen MR) is 78.8 cm³/mol. The van der Waals surface area contributed by atoms with Gasteiger partial charge in [0.15, 0.2) is 5.84 Å². The van der Waals surface area contributed by atoms with E-state index in [1.54, 1.807) is 18.2 Å². The van der Waals surface area contributed by atoms with Crippen LogP contribution >= 0.6 is 0 Å². The zero-order valence-corrected chi connectivity index (χ0v) is 13.1. The summed E-state index contributed by atoms with van der Waals surface area (Å²) in [5, 5.41) is 5.64. The van der Waals surface area contributed by atoms with Gasteiger partial charge < -0.3 is 14.4 Å². The summed E-state index contributed by atoms with van der Waals surface area (Å²) < 4.78 is 33.0. The maximum atomic E-state index is 13.7. The van der Waals surface area contributed by atoms with Crippen LogP contribution in [0.15, 0.2) is 35.7 Å². The SMILES string of the molecule is CC1C=CON1C1=NOC(C)(OCc2c(F)cccc2F)C1C. The van der Waals surface area contributed by atoms with E-state index in [1.165, 1.54) is 18.2 Å². The average molecular weight is 324 g/mol. The van der Waals surface area contributed by atoms with E-state index in [4.69, 9.17) is 14.4 Å². The van der Waals surface area contributed by atoms with Crippen molar-refractivity contribution in [2.24, 2.45) is 11.1 Å². The van der Waals surface area contributed by atoms with Gasteiger partial charge in [0.2, 0.25) is 5.79 Å². The Morgan fingerprint density at radius 2 is 2.00 bits per heavy atom. The Morgan fingerprint density at radius 1 is 1.30 bits per heavy atom. The molecule has 0 amide bonds. The molecule has 3 rings (SSSR count). The number of rotatable bonds is 3. The molecule has 2 heterocycles. The van der Waals surface area contributed by atoms with Gasteiger partial charge in [-0.3, -0.25) is 0 Å². The molecular formula is C16H18F2N2O3. The largest absolute Gasteiger partial charge is 0.386 e. The molecule has 2 aliphatic rings. The van der Waals surface area contributed by atoms with Crippen molar-refractivity contribution in [2.75, 3.05) is 0 Å². The van der Waals surface area contributed by atoms with Crippen LogP contribution in [-0.2, 0) is 21.0 Å². The number of oxime groups is 1. The molecule has 5 nitrogen and oxygen atoms in total. The molecule has 0 N–H and O–H groups in total. The summed E-state index contributed by atoms with van der Waals surface area (Å²) in [5.41, 5.74) is -0.134. The van der Waals surface area contributed by atoms with Crippen molar-refractivity contribution in [3.63, 3.8) is 0 Å². The van der Waals surface area contributed by atoms with Crippen LogP contribution < -0.4 is 0 Å². The molecule has 0 spiro atoms. The molecule has 0 aromatic heterocycles. The van der Waals surface area contributed by atoms with Crippen LogP contribution in [-0.4, -0.2) is 22.7 Å². The Hall–Kier alpha value is -2.15. The van der Waals surface area contributed by atoms with E-state index in [0.717, 1.165) is 0 Å². The fraction of sp³-hybridized carbons (Fsp3) is 0.438. The van der Waals surface area contributed by atoms with Gasteiger partial charge in [-0.15, -0.1) is 0 Å². The second kappa shape index (κ2) is 5.81. The molecule has 0 fully saturated rings. The van der Waals surface area contributed by atoms with Gasteiger partial charge in [-0.1, -0.05) is 11.2 Å². The Morgan fingerprint density at radius 3 is 2.61 bits per heavy atom. The minimum absolute atomic E-state index is 0.0196. The molecule has 0 saturated heterocycles. The quantitative estimate of drug-likeness (QED) is 0.855. The van der Waals surface area contributed by atoms with E-state index in [1.807, 2.05) is 19.9 Å². The van der Waals surface area contributed by atoms with Crippen molar-refractivity contribution in [3.8, 4) is 0 Å². The summed E-state index contributed by atoms with van der Waals surface area (Å²) >= 11 is 0. The number of hydrogen-bond donors (Lipinski definition) is 0. The smallest absolute Gasteiger partial charge is 0.244 e. The Bertz CT molecular complexity index is 644. The highest BCUT2D eigenvalue weighted by Crippen LogP contribution is 2.35. The van der Waals surface area contributed by atoms with E-state index in [9.17, 15) is 8.78 Å². The lowest BCUT2D eigenvalue weighted by Crippen LogP contribution is -2.43. The topological polar surface area (TPSA) is 43.3 Å². The molecule has 3 atom stereocenters. The first-order valence-electron chi connectivity index (χ1n) is 7.38. The van der Waals surface area contributed by atoms with Crippen LogP contribution in [0.5, 0.6) is 0 Å². The maximum Gasteiger partial charge on any atom is 0.244 e. The molecule has 124 valence electrons. The summed E-state index contributed by atoms with van der Waals surface area (Å²) in [6.07, 6.45) is 3.45. The summed E-state index contributed by atoms with van der Waals surface area (Å²) in [5.74, 6) is -2.14. The molecule has 1 aromatic rings. The van der Waals surface area contributed by atoms with Gasteiger partial charge in [0.25, 0.3) is 0 Å². The Labute approximate surface area is 133 Å². The zero-order valence-electron chi connectivity index (χ0n) is 13.1. The first-order chi connectivity index (χ1) is 10.9. The lowest BCUT2D eigenvalue weighted by atomic mass is 10.0. The highest BCUT2D eigenvalue weighted by molar-refractivity contribution is 5.85. The molecule has 0 aliphatic carbocycles. The molecule has 0 saturated carbocycles. The van der Waals surface area contributed by atoms with Crippen LogP contribution in [0.4, 0.5) is 8.78 Å². The normalized spacial score (nSPS) is 29.4. The fourth-order valence-electron chi connectivity index (χ4n) is 2.45. The Balaban J connectivity index is 1.69. The molecule has 7 heteroatoms. The molecule has 1 aromatic carbocycles. The summed E-state index contributed by atoms with van der Waals surface area (Å²) in [6, 6.07) is 3.71. The first kappa shape index (κ1) is 15.7. The monoisotopic (exact) mass is 324 g/mol. The number of hydroxylamine groups is 2. The number of benzene rings is 1. The number of amidine groups is 1. The lowest BCUT2D eigenvalue weighted by molar-refractivity contribution is -0.235. The standard InChI is InChI=1S/C16H18F2N2O3/c1-10-7-8-22-20(10)15-11(2)16(3,23-19-15)21-9-12-13(17)5-4-6-14(12)18/h4-8,10-11H,9H2,1-3H3. The summed E-state index contributed by atoms with van der Waals surface area (Å²) in [4.78, 5) is 10.8. The third kappa shape index (κ3) is 2.76. The van der Waals surface area contributed by atoms with E-state index < -0.39 is 17.4 Å². The molecule has 0 radical (unpaired) electrons. The number of hydrogen-bond acceptors (Lipinski definition) is 5. The van der Waals surface area contributed by atoms with E-state index in [-0.39, 0.29) is 24.1 Å². The molecule has 0 bridgehead atoms. The van der Waals surface area contributed by atoms with Crippen molar-refractivity contribution < 1.29 is 23.2 Å². The van der Waals surface area contributed by atoms with Gasteiger partial charge in [0.1, 0.15) is 17.9 Å². The minimum Gasteiger partial charge on any atom is -0.386 e. The number of halogens is 2. The van der Waals surface area contributed by atoms with Crippen LogP contribution in [0.2, 0.25) is 0 Å². The van der Waals surface area contributed by atoms with E-state index in [0.29, 0.717) is 5.84 Å². The first-order valence-corrected chi connectivity index (χ1v) is 7.38. The fourth-order valence-corrected chi connectivity index (χ4v) is 2.45. The van der Waals surface area contributed by atoms with Crippen LogP contribution in [0.3, 0.4) is 0 Å². The van der Waals surface area contributed by atoms with E-state index in [2.05, 4.69) is 5.16 Å². The van der Waals surface area contributed by atoms with Crippen molar-refractivity contribution in [3.05, 3.63) is 47.7 Å². The van der Waals surface area contributed by atoms with Gasteiger partial charge in [-0.2, -0.15) is 5.06 Å². The molecular weight excluding hydrogens is 306 g/mol. The van der Waals surface area contributed by atoms with Crippen molar-refractivity contribution in [1.82, 2.24) is 5.06 Å². The van der Waals surface area contributed by atoms with Crippen molar-refractivity contribution in [2.45, 2.75) is 39.2 Å². The van der Waals surface area contributed by atoms with Gasteiger partial charge in [-0.25, -0.2) is 8.78 Å². The highest BCUT2D eigenvalue weighted by atomic mass is 19.1. The van der Waals surface area contributed by atoms with Gasteiger partial charge in [0, 0.05) is 12.5 Å². The highest BCUT2D eigenvalue weighted by Gasteiger charge is 2.47. The number of ether oxygens (including phenoxy) is 1. The average Bonchev–Trinajstić information content (AvgIpc) is 3.04. The van der Waals surface area contributed by atoms with E-state index >= 15 is 0 Å². The van der Waals surface area contributed by atoms with Gasteiger partial charge in [0.05, 0.1) is 18.6 Å². The predicted octanol–water partition coefficient (Wildman–Crippen LogP) is 3.33. The minimum atomic E-state index is -1.13. The third-order valence-corrected chi connectivity index (χ3v) is 4.19. The van der Waals surface area contributed by atoms with Crippen molar-refractivity contribution in [1.29, 1.82) is 0 Å². The molecule has 23 heavy (non-hydrogen) atoms. The second-order valence-corrected chi connectivity index (χ2v) is 5.77. The molecule has 3 unspecified atom stereocenters. The van der Waals surface area contributed by atoms with Gasteiger partial charge >= 0.3 is 0 Å². The number of nitrogens with zero attached hydrogens (tertiary/aromatic N) is 2. The Kier molecular flexibility index (Phi) is 3.97. The summed E-state index contributed by atoms with van der Waals surface area (Å²) in [6.45, 7) is 5.24. The van der Waals surface area contributed by atoms with Crippen LogP contribution in [0.1, 0.15) is 26.3 Å². The van der Waals surface area contributed by atoms with Crippen molar-refractivity contribution >= 4 is 5.84 Å². The van der Waals surface area contributed by atoms with Crippen LogP contribution in [0.25, 0.3) is 0 Å². The van der Waals surface area contributed by atoms with Gasteiger partial charge in [-0.05, 0) is 32.1 Å². The summed E-state index contributed by atoms with van der Waals surface area (Å²) in [7, 11) is 0. The second-order valence-electron chi connectivity index (χ2n) is 5.77. The lowest BCUT2D eigenvalue weighted by Gasteiger charge is -2.29. The van der Waals surface area contributed by atoms with Crippen LogP contribution in [0, 0.1) is 17.6 Å². The third-order valence-electron chi connectivity index (χ3n) is 4.19.